The van der Waals surface area contributed by atoms with E-state index in [-0.39, 0.29) is 6.10 Å². The number of hydrogen-bond acceptors (Lipinski definition) is 3. The van der Waals surface area contributed by atoms with Gasteiger partial charge in [-0.3, -0.25) is 0 Å². The van der Waals surface area contributed by atoms with Gasteiger partial charge in [-0.15, -0.1) is 0 Å². The second-order valence-corrected chi connectivity index (χ2v) is 6.71. The molecule has 3 nitrogen and oxygen atoms in total. The van der Waals surface area contributed by atoms with E-state index in [4.69, 9.17) is 4.74 Å². The van der Waals surface area contributed by atoms with Crippen LogP contribution in [-0.2, 0) is 13.0 Å². The Morgan fingerprint density at radius 1 is 1.08 bits per heavy atom. The Morgan fingerprint density at radius 2 is 1.88 bits per heavy atom. The van der Waals surface area contributed by atoms with Crippen molar-refractivity contribution in [3.63, 3.8) is 0 Å². The van der Waals surface area contributed by atoms with E-state index in [0.717, 1.165) is 25.4 Å². The van der Waals surface area contributed by atoms with Crippen molar-refractivity contribution in [2.24, 2.45) is 0 Å². The van der Waals surface area contributed by atoms with Gasteiger partial charge in [-0.1, -0.05) is 30.3 Å². The molecular weight excluding hydrogens is 296 g/mol. The Bertz CT molecular complexity index is 637. The van der Waals surface area contributed by atoms with E-state index in [1.54, 1.807) is 0 Å². The zero-order valence-corrected chi connectivity index (χ0v) is 14.8. The highest BCUT2D eigenvalue weighted by Gasteiger charge is 2.15. The minimum absolute atomic E-state index is 0.224. The molecule has 1 N–H and O–H groups in total. The number of para-hydroxylation sites is 1. The zero-order chi connectivity index (χ0) is 16.8. The van der Waals surface area contributed by atoms with Crippen molar-refractivity contribution in [1.29, 1.82) is 0 Å². The SMILES string of the molecule is CC(C)Oc1ccc(CNCCN2CCCc3ccccc32)cc1. The first kappa shape index (κ1) is 16.8. The molecule has 0 saturated heterocycles. The second-order valence-electron chi connectivity index (χ2n) is 6.71. The van der Waals surface area contributed by atoms with E-state index in [1.165, 1.54) is 36.2 Å². The Balaban J connectivity index is 1.44. The number of aryl methyl sites for hydroxylation is 1. The van der Waals surface area contributed by atoms with E-state index >= 15 is 0 Å². The number of nitrogens with zero attached hydrogens (tertiary/aromatic N) is 1. The summed E-state index contributed by atoms with van der Waals surface area (Å²) in [7, 11) is 0. The van der Waals surface area contributed by atoms with Gasteiger partial charge in [0.05, 0.1) is 6.10 Å². The van der Waals surface area contributed by atoms with Gasteiger partial charge in [-0.25, -0.2) is 0 Å². The molecular formula is C21H28N2O. The molecule has 1 aliphatic heterocycles. The highest BCUT2D eigenvalue weighted by atomic mass is 16.5. The van der Waals surface area contributed by atoms with Crippen molar-refractivity contribution in [2.45, 2.75) is 39.3 Å². The van der Waals surface area contributed by atoms with E-state index in [1.807, 2.05) is 13.8 Å². The van der Waals surface area contributed by atoms with Crippen molar-refractivity contribution in [1.82, 2.24) is 5.32 Å². The number of nitrogens with one attached hydrogen (secondary N) is 1. The van der Waals surface area contributed by atoms with Crippen molar-refractivity contribution in [3.8, 4) is 5.75 Å². The van der Waals surface area contributed by atoms with E-state index < -0.39 is 0 Å². The van der Waals surface area contributed by atoms with Crippen LogP contribution in [0.1, 0.15) is 31.4 Å². The Kier molecular flexibility index (Phi) is 5.76. The summed E-state index contributed by atoms with van der Waals surface area (Å²) in [5, 5.41) is 3.56. The summed E-state index contributed by atoms with van der Waals surface area (Å²) in [4.78, 5) is 2.51. The molecule has 0 spiro atoms. The number of anilines is 1. The summed E-state index contributed by atoms with van der Waals surface area (Å²) < 4.78 is 5.68. The van der Waals surface area contributed by atoms with Crippen molar-refractivity contribution in [2.75, 3.05) is 24.5 Å². The van der Waals surface area contributed by atoms with Gasteiger partial charge in [-0.05, 0) is 56.0 Å². The average molecular weight is 324 g/mol. The summed E-state index contributed by atoms with van der Waals surface area (Å²) in [6.07, 6.45) is 2.69. The average Bonchev–Trinajstić information content (AvgIpc) is 2.60. The second kappa shape index (κ2) is 8.20. The third-order valence-corrected chi connectivity index (χ3v) is 4.39. The fourth-order valence-corrected chi connectivity index (χ4v) is 3.25. The van der Waals surface area contributed by atoms with Gasteiger partial charge >= 0.3 is 0 Å². The van der Waals surface area contributed by atoms with Gasteiger partial charge in [0.2, 0.25) is 0 Å². The van der Waals surface area contributed by atoms with Crippen LogP contribution < -0.4 is 15.0 Å². The molecule has 0 aliphatic carbocycles. The minimum Gasteiger partial charge on any atom is -0.491 e. The lowest BCUT2D eigenvalue weighted by Gasteiger charge is -2.31. The third kappa shape index (κ3) is 4.51. The lowest BCUT2D eigenvalue weighted by molar-refractivity contribution is 0.242. The summed E-state index contributed by atoms with van der Waals surface area (Å²) in [5.74, 6) is 0.943. The summed E-state index contributed by atoms with van der Waals surface area (Å²) in [6.45, 7) is 8.23. The molecule has 0 amide bonds. The first-order chi connectivity index (χ1) is 11.7. The van der Waals surface area contributed by atoms with Gasteiger partial charge in [0, 0.05) is 31.9 Å². The molecule has 2 aromatic rings. The number of fused-ring (bicyclic) bond motifs is 1. The molecule has 0 aromatic heterocycles. The summed E-state index contributed by atoms with van der Waals surface area (Å²) in [5.41, 5.74) is 4.20. The van der Waals surface area contributed by atoms with Crippen LogP contribution in [0, 0.1) is 0 Å². The molecule has 0 radical (unpaired) electrons. The fourth-order valence-electron chi connectivity index (χ4n) is 3.25. The Labute approximate surface area is 145 Å². The molecule has 0 saturated carbocycles. The summed E-state index contributed by atoms with van der Waals surface area (Å²) >= 11 is 0. The van der Waals surface area contributed by atoms with E-state index in [0.29, 0.717) is 0 Å². The number of rotatable bonds is 7. The number of benzene rings is 2. The molecule has 0 fully saturated rings. The van der Waals surface area contributed by atoms with Gasteiger partial charge in [-0.2, -0.15) is 0 Å². The minimum atomic E-state index is 0.224. The van der Waals surface area contributed by atoms with Crippen LogP contribution in [0.3, 0.4) is 0 Å². The Hall–Kier alpha value is -2.00. The highest BCUT2D eigenvalue weighted by molar-refractivity contribution is 5.55. The predicted molar refractivity (Wildman–Crippen MR) is 101 cm³/mol. The van der Waals surface area contributed by atoms with Gasteiger partial charge in [0.15, 0.2) is 0 Å². The maximum absolute atomic E-state index is 5.68. The van der Waals surface area contributed by atoms with Crippen LogP contribution in [0.5, 0.6) is 5.75 Å². The standard InChI is InChI=1S/C21H28N2O/c1-17(2)24-20-11-9-18(10-12-20)16-22-13-15-23-14-5-7-19-6-3-4-8-21(19)23/h3-4,6,8-12,17,22H,5,7,13-16H2,1-2H3. The van der Waals surface area contributed by atoms with Crippen LogP contribution >= 0.6 is 0 Å². The quantitative estimate of drug-likeness (QED) is 0.779. The fraction of sp³-hybridized carbons (Fsp3) is 0.429. The predicted octanol–water partition coefficient (Wildman–Crippen LogP) is 4.02. The highest BCUT2D eigenvalue weighted by Crippen LogP contribution is 2.26. The molecule has 2 aromatic carbocycles. The molecule has 0 bridgehead atoms. The maximum Gasteiger partial charge on any atom is 0.119 e. The molecule has 3 heteroatoms. The number of ether oxygens (including phenoxy) is 1. The van der Waals surface area contributed by atoms with Crippen molar-refractivity contribution < 1.29 is 4.74 Å². The van der Waals surface area contributed by atoms with Crippen LogP contribution in [0.25, 0.3) is 0 Å². The normalized spacial score (nSPS) is 13.9. The topological polar surface area (TPSA) is 24.5 Å². The zero-order valence-electron chi connectivity index (χ0n) is 14.8. The van der Waals surface area contributed by atoms with Crippen LogP contribution in [0.15, 0.2) is 48.5 Å². The summed E-state index contributed by atoms with van der Waals surface area (Å²) in [6, 6.07) is 17.2. The lowest BCUT2D eigenvalue weighted by atomic mass is 10.0. The van der Waals surface area contributed by atoms with E-state index in [2.05, 4.69) is 58.7 Å². The van der Waals surface area contributed by atoms with Crippen molar-refractivity contribution >= 4 is 5.69 Å². The molecule has 0 unspecified atom stereocenters. The third-order valence-electron chi connectivity index (χ3n) is 4.39. The monoisotopic (exact) mass is 324 g/mol. The number of hydrogen-bond donors (Lipinski definition) is 1. The maximum atomic E-state index is 5.68. The lowest BCUT2D eigenvalue weighted by Crippen LogP contribution is -2.35. The Morgan fingerprint density at radius 3 is 2.67 bits per heavy atom. The van der Waals surface area contributed by atoms with Crippen LogP contribution in [-0.4, -0.2) is 25.7 Å². The van der Waals surface area contributed by atoms with Crippen LogP contribution in [0.4, 0.5) is 5.69 Å². The molecule has 3 rings (SSSR count). The molecule has 1 aliphatic rings. The largest absolute Gasteiger partial charge is 0.491 e. The van der Waals surface area contributed by atoms with Gasteiger partial charge < -0.3 is 15.0 Å². The molecule has 0 atom stereocenters. The first-order valence-corrected chi connectivity index (χ1v) is 9.01. The van der Waals surface area contributed by atoms with Crippen molar-refractivity contribution in [3.05, 3.63) is 59.7 Å². The molecule has 1 heterocycles. The molecule has 24 heavy (non-hydrogen) atoms. The molecule has 128 valence electrons. The van der Waals surface area contributed by atoms with E-state index in [9.17, 15) is 0 Å². The smallest absolute Gasteiger partial charge is 0.119 e. The van der Waals surface area contributed by atoms with Gasteiger partial charge in [0.25, 0.3) is 0 Å². The van der Waals surface area contributed by atoms with Gasteiger partial charge in [0.1, 0.15) is 5.75 Å². The van der Waals surface area contributed by atoms with Crippen LogP contribution in [0.2, 0.25) is 0 Å². The first-order valence-electron chi connectivity index (χ1n) is 9.01.